The molecule has 1 aliphatic carbocycles. The first-order valence-corrected chi connectivity index (χ1v) is 10.4. The van der Waals surface area contributed by atoms with Gasteiger partial charge in [0.2, 0.25) is 0 Å². The standard InChI is InChI=1S/C27H28O4/c1-18-23(16-13-20-11-14-22(30-5)15-12-20)27(3,4)24(19(2)28)17-25(18)31-26(29)21-9-7-6-8-10-21/h6-12,14-15,24-25H,17H2,1-5H3/t24-,25-/m0/s1. The van der Waals surface area contributed by atoms with Crippen molar-refractivity contribution in [2.24, 2.45) is 11.3 Å². The van der Waals surface area contributed by atoms with Crippen LogP contribution in [0.5, 0.6) is 5.75 Å². The van der Waals surface area contributed by atoms with Gasteiger partial charge in [0.1, 0.15) is 17.6 Å². The van der Waals surface area contributed by atoms with Gasteiger partial charge in [0.15, 0.2) is 0 Å². The average molecular weight is 417 g/mol. The van der Waals surface area contributed by atoms with Gasteiger partial charge in [0.25, 0.3) is 0 Å². The van der Waals surface area contributed by atoms with Crippen LogP contribution in [0.15, 0.2) is 65.7 Å². The molecule has 31 heavy (non-hydrogen) atoms. The molecular formula is C27H28O4. The van der Waals surface area contributed by atoms with Crippen molar-refractivity contribution in [1.29, 1.82) is 0 Å². The summed E-state index contributed by atoms with van der Waals surface area (Å²) >= 11 is 0. The van der Waals surface area contributed by atoms with Crippen LogP contribution in [0.3, 0.4) is 0 Å². The molecule has 0 aliphatic heterocycles. The molecule has 3 rings (SSSR count). The zero-order valence-electron chi connectivity index (χ0n) is 18.7. The Morgan fingerprint density at radius 2 is 1.65 bits per heavy atom. The molecule has 1 aliphatic rings. The Bertz CT molecular complexity index is 1050. The van der Waals surface area contributed by atoms with Crippen molar-refractivity contribution in [2.75, 3.05) is 7.11 Å². The largest absolute Gasteiger partial charge is 0.497 e. The third-order valence-electron chi connectivity index (χ3n) is 6.01. The van der Waals surface area contributed by atoms with E-state index in [0.717, 1.165) is 22.5 Å². The second kappa shape index (κ2) is 9.22. The highest BCUT2D eigenvalue weighted by molar-refractivity contribution is 5.89. The Balaban J connectivity index is 1.97. The van der Waals surface area contributed by atoms with E-state index in [4.69, 9.17) is 9.47 Å². The molecule has 0 aromatic heterocycles. The molecule has 0 saturated carbocycles. The summed E-state index contributed by atoms with van der Waals surface area (Å²) in [5.41, 5.74) is 2.63. The summed E-state index contributed by atoms with van der Waals surface area (Å²) in [6, 6.07) is 16.4. The van der Waals surface area contributed by atoms with Gasteiger partial charge in [-0.3, -0.25) is 4.79 Å². The summed E-state index contributed by atoms with van der Waals surface area (Å²) in [7, 11) is 1.62. The predicted octanol–water partition coefficient (Wildman–Crippen LogP) is 5.22. The van der Waals surface area contributed by atoms with E-state index in [1.165, 1.54) is 0 Å². The van der Waals surface area contributed by atoms with Crippen molar-refractivity contribution in [1.82, 2.24) is 0 Å². The van der Waals surface area contributed by atoms with Gasteiger partial charge in [-0.1, -0.05) is 43.9 Å². The van der Waals surface area contributed by atoms with Crippen LogP contribution in [0, 0.1) is 23.2 Å². The van der Waals surface area contributed by atoms with E-state index in [1.807, 2.05) is 51.1 Å². The molecule has 4 nitrogen and oxygen atoms in total. The first-order valence-electron chi connectivity index (χ1n) is 10.4. The normalized spacial score (nSPS) is 19.8. The fraction of sp³-hybridized carbons (Fsp3) is 0.333. The van der Waals surface area contributed by atoms with Gasteiger partial charge in [-0.25, -0.2) is 4.79 Å². The molecule has 0 fully saturated rings. The fourth-order valence-corrected chi connectivity index (χ4v) is 4.18. The van der Waals surface area contributed by atoms with Gasteiger partial charge in [0, 0.05) is 22.5 Å². The molecule has 0 bridgehead atoms. The van der Waals surface area contributed by atoms with Crippen molar-refractivity contribution in [3.05, 3.63) is 76.9 Å². The van der Waals surface area contributed by atoms with Crippen LogP contribution in [-0.2, 0) is 9.53 Å². The number of methoxy groups -OCH3 is 1. The lowest BCUT2D eigenvalue weighted by Crippen LogP contribution is -2.41. The monoisotopic (exact) mass is 416 g/mol. The number of ether oxygens (including phenoxy) is 2. The molecule has 0 amide bonds. The van der Waals surface area contributed by atoms with E-state index in [2.05, 4.69) is 11.8 Å². The third kappa shape index (κ3) is 4.88. The summed E-state index contributed by atoms with van der Waals surface area (Å²) in [5, 5.41) is 0. The van der Waals surface area contributed by atoms with Crippen molar-refractivity contribution >= 4 is 11.8 Å². The number of carbonyl (C=O) groups is 2. The Morgan fingerprint density at radius 3 is 2.23 bits per heavy atom. The maximum Gasteiger partial charge on any atom is 0.338 e. The molecule has 0 spiro atoms. The maximum absolute atomic E-state index is 12.7. The number of Topliss-reactive ketones (excluding diaryl/α,β-unsaturated/α-hetero) is 1. The van der Waals surface area contributed by atoms with Crippen molar-refractivity contribution < 1.29 is 19.1 Å². The average Bonchev–Trinajstić information content (AvgIpc) is 2.76. The number of hydrogen-bond donors (Lipinski definition) is 0. The van der Waals surface area contributed by atoms with E-state index in [0.29, 0.717) is 12.0 Å². The second-order valence-electron chi connectivity index (χ2n) is 8.42. The third-order valence-corrected chi connectivity index (χ3v) is 6.01. The van der Waals surface area contributed by atoms with Crippen LogP contribution in [0.4, 0.5) is 0 Å². The smallest absolute Gasteiger partial charge is 0.338 e. The highest BCUT2D eigenvalue weighted by Gasteiger charge is 2.44. The molecule has 2 aromatic rings. The van der Waals surface area contributed by atoms with E-state index in [-0.39, 0.29) is 11.7 Å². The Kier molecular flexibility index (Phi) is 6.65. The Morgan fingerprint density at radius 1 is 1.00 bits per heavy atom. The van der Waals surface area contributed by atoms with Crippen LogP contribution in [0.25, 0.3) is 0 Å². The van der Waals surface area contributed by atoms with Crippen molar-refractivity contribution in [2.45, 2.75) is 40.2 Å². The highest BCUT2D eigenvalue weighted by atomic mass is 16.5. The zero-order chi connectivity index (χ0) is 22.6. The van der Waals surface area contributed by atoms with Crippen molar-refractivity contribution in [3.8, 4) is 17.6 Å². The van der Waals surface area contributed by atoms with Gasteiger partial charge < -0.3 is 9.47 Å². The minimum absolute atomic E-state index is 0.0713. The number of carbonyl (C=O) groups excluding carboxylic acids is 2. The summed E-state index contributed by atoms with van der Waals surface area (Å²) in [6.07, 6.45) is -0.0321. The van der Waals surface area contributed by atoms with Crippen LogP contribution >= 0.6 is 0 Å². The molecule has 0 unspecified atom stereocenters. The van der Waals surface area contributed by atoms with Crippen LogP contribution in [0.1, 0.15) is 50.0 Å². The van der Waals surface area contributed by atoms with Crippen molar-refractivity contribution in [3.63, 3.8) is 0 Å². The van der Waals surface area contributed by atoms with Gasteiger partial charge in [-0.2, -0.15) is 0 Å². The number of benzene rings is 2. The fourth-order valence-electron chi connectivity index (χ4n) is 4.18. The van der Waals surface area contributed by atoms with Crippen LogP contribution < -0.4 is 4.74 Å². The first kappa shape index (κ1) is 22.4. The summed E-state index contributed by atoms with van der Waals surface area (Å²) in [4.78, 5) is 25.2. The summed E-state index contributed by atoms with van der Waals surface area (Å²) in [6.45, 7) is 7.61. The molecule has 0 N–H and O–H groups in total. The van der Waals surface area contributed by atoms with E-state index in [1.54, 1.807) is 38.3 Å². The predicted molar refractivity (Wildman–Crippen MR) is 121 cm³/mol. The highest BCUT2D eigenvalue weighted by Crippen LogP contribution is 2.45. The van der Waals surface area contributed by atoms with E-state index in [9.17, 15) is 9.59 Å². The number of hydrogen-bond acceptors (Lipinski definition) is 4. The summed E-state index contributed by atoms with van der Waals surface area (Å²) < 4.78 is 11.0. The first-order chi connectivity index (χ1) is 14.7. The molecule has 160 valence electrons. The number of rotatable bonds is 4. The lowest BCUT2D eigenvalue weighted by Gasteiger charge is -2.41. The lowest BCUT2D eigenvalue weighted by atomic mass is 9.63. The Labute approximate surface area is 184 Å². The summed E-state index contributed by atoms with van der Waals surface area (Å²) in [5.74, 6) is 6.65. The number of esters is 1. The molecule has 2 atom stereocenters. The van der Waals surface area contributed by atoms with E-state index < -0.39 is 17.5 Å². The molecular weight excluding hydrogens is 388 g/mol. The van der Waals surface area contributed by atoms with Gasteiger partial charge in [-0.05, 0) is 62.2 Å². The van der Waals surface area contributed by atoms with Crippen LogP contribution in [-0.4, -0.2) is 25.0 Å². The van der Waals surface area contributed by atoms with E-state index >= 15 is 0 Å². The molecule has 0 saturated heterocycles. The zero-order valence-corrected chi connectivity index (χ0v) is 18.7. The molecule has 0 heterocycles. The SMILES string of the molecule is COc1ccc(C#CC2=C(C)[C@@H](OC(=O)c3ccccc3)C[C@@H](C(C)=O)C2(C)C)cc1. The quantitative estimate of drug-likeness (QED) is 0.506. The van der Waals surface area contributed by atoms with Gasteiger partial charge >= 0.3 is 5.97 Å². The van der Waals surface area contributed by atoms with Crippen LogP contribution in [0.2, 0.25) is 0 Å². The minimum Gasteiger partial charge on any atom is -0.497 e. The molecule has 4 heteroatoms. The minimum atomic E-state index is -0.491. The Hall–Kier alpha value is -3.32. The topological polar surface area (TPSA) is 52.6 Å². The number of ketones is 1. The maximum atomic E-state index is 12.7. The molecule has 2 aromatic carbocycles. The van der Waals surface area contributed by atoms with Gasteiger partial charge in [0.05, 0.1) is 12.7 Å². The second-order valence-corrected chi connectivity index (χ2v) is 8.42. The lowest BCUT2D eigenvalue weighted by molar-refractivity contribution is -0.125. The number of allylic oxidation sites excluding steroid dienone is 1. The molecule has 0 radical (unpaired) electrons. The van der Waals surface area contributed by atoms with Gasteiger partial charge in [-0.15, -0.1) is 0 Å².